The fraction of sp³-hybridized carbons (Fsp3) is 0.976. The Morgan fingerprint density at radius 1 is 0.447 bits per heavy atom. The zero-order valence-corrected chi connectivity index (χ0v) is 31.9. The van der Waals surface area contributed by atoms with Crippen molar-refractivity contribution in [1.82, 2.24) is 5.32 Å². The molecule has 282 valence electrons. The third kappa shape index (κ3) is 35.0. The summed E-state index contributed by atoms with van der Waals surface area (Å²) in [6, 6.07) is -0.651. The molecule has 5 heteroatoms. The topological polar surface area (TPSA) is 89.8 Å². The number of carbonyl (C=O) groups excluding carboxylic acids is 1. The Morgan fingerprint density at radius 2 is 0.723 bits per heavy atom. The van der Waals surface area contributed by atoms with Crippen molar-refractivity contribution in [3.63, 3.8) is 0 Å². The number of rotatable bonds is 39. The first kappa shape index (κ1) is 46.4. The van der Waals surface area contributed by atoms with Gasteiger partial charge in [-0.05, 0) is 12.8 Å². The average Bonchev–Trinajstić information content (AvgIpc) is 3.06. The molecule has 0 radical (unpaired) electrons. The summed E-state index contributed by atoms with van der Waals surface area (Å²) >= 11 is 0. The van der Waals surface area contributed by atoms with Crippen molar-refractivity contribution in [2.24, 2.45) is 0 Å². The molecule has 0 spiro atoms. The Labute approximate surface area is 294 Å². The zero-order valence-electron chi connectivity index (χ0n) is 31.9. The van der Waals surface area contributed by atoms with Gasteiger partial charge in [0.1, 0.15) is 0 Å². The highest BCUT2D eigenvalue weighted by Crippen LogP contribution is 2.17. The monoisotopic (exact) mass is 668 g/mol. The fourth-order valence-corrected chi connectivity index (χ4v) is 6.88. The molecule has 0 aromatic carbocycles. The van der Waals surface area contributed by atoms with Crippen molar-refractivity contribution < 1.29 is 20.1 Å². The lowest BCUT2D eigenvalue weighted by molar-refractivity contribution is -0.125. The van der Waals surface area contributed by atoms with Crippen LogP contribution in [-0.2, 0) is 4.79 Å². The Bertz CT molecular complexity index is 615. The number of hydrogen-bond acceptors (Lipinski definition) is 4. The second-order valence-corrected chi connectivity index (χ2v) is 15.0. The van der Waals surface area contributed by atoms with Gasteiger partial charge >= 0.3 is 0 Å². The van der Waals surface area contributed by atoms with Gasteiger partial charge in [-0.25, -0.2) is 0 Å². The van der Waals surface area contributed by atoms with Gasteiger partial charge in [0.05, 0.1) is 31.3 Å². The number of hydrogen-bond donors (Lipinski definition) is 4. The highest BCUT2D eigenvalue weighted by Gasteiger charge is 2.21. The highest BCUT2D eigenvalue weighted by molar-refractivity contribution is 5.76. The van der Waals surface area contributed by atoms with Gasteiger partial charge < -0.3 is 20.6 Å². The summed E-state index contributed by atoms with van der Waals surface area (Å²) in [5, 5.41) is 33.3. The van der Waals surface area contributed by atoms with Crippen LogP contribution in [0.1, 0.15) is 239 Å². The van der Waals surface area contributed by atoms with Crippen LogP contribution in [0.5, 0.6) is 0 Å². The summed E-state index contributed by atoms with van der Waals surface area (Å²) in [4.78, 5) is 12.4. The van der Waals surface area contributed by atoms with Crippen LogP contribution in [0, 0.1) is 0 Å². The van der Waals surface area contributed by atoms with Crippen LogP contribution in [0.4, 0.5) is 0 Å². The summed E-state index contributed by atoms with van der Waals surface area (Å²) < 4.78 is 0. The molecule has 1 amide bonds. The van der Waals surface area contributed by atoms with Crippen molar-refractivity contribution in [3.8, 4) is 0 Å². The third-order valence-corrected chi connectivity index (χ3v) is 10.2. The van der Waals surface area contributed by atoms with Crippen molar-refractivity contribution in [2.45, 2.75) is 257 Å². The van der Waals surface area contributed by atoms with E-state index in [1.807, 2.05) is 0 Å². The fourth-order valence-electron chi connectivity index (χ4n) is 6.88. The molecule has 0 saturated heterocycles. The number of unbranched alkanes of at least 4 members (excludes halogenated alkanes) is 30. The number of carbonyl (C=O) groups is 1. The molecule has 0 saturated carbocycles. The summed E-state index contributed by atoms with van der Waals surface area (Å²) in [5.74, 6) is -0.279. The summed E-state index contributed by atoms with van der Waals surface area (Å²) in [6.07, 6.45) is 42.1. The predicted molar refractivity (Wildman–Crippen MR) is 204 cm³/mol. The van der Waals surface area contributed by atoms with Gasteiger partial charge in [-0.1, -0.05) is 219 Å². The standard InChI is InChI=1S/C42H85NO4/c1-3-5-7-9-11-13-15-17-18-19-20-21-22-24-25-27-29-31-33-35-39(45)37-42(47)43-40(38-44)41(46)36-34-32-30-28-26-23-16-14-12-10-8-6-4-2/h39-41,44-46H,3-38H2,1-2H3,(H,43,47)/t39-,40-,41+/m0/s1. The van der Waals surface area contributed by atoms with Gasteiger partial charge in [-0.2, -0.15) is 0 Å². The van der Waals surface area contributed by atoms with Gasteiger partial charge in [-0.15, -0.1) is 0 Å². The normalized spacial score (nSPS) is 13.6. The van der Waals surface area contributed by atoms with Crippen molar-refractivity contribution in [2.75, 3.05) is 6.61 Å². The van der Waals surface area contributed by atoms with E-state index in [9.17, 15) is 20.1 Å². The van der Waals surface area contributed by atoms with E-state index in [4.69, 9.17) is 0 Å². The molecule has 0 bridgehead atoms. The summed E-state index contributed by atoms with van der Waals surface area (Å²) in [5.41, 5.74) is 0. The molecular weight excluding hydrogens is 582 g/mol. The Hall–Kier alpha value is -0.650. The smallest absolute Gasteiger partial charge is 0.222 e. The molecule has 47 heavy (non-hydrogen) atoms. The second kappa shape index (κ2) is 38.2. The predicted octanol–water partition coefficient (Wildman–Crippen LogP) is 11.9. The maximum atomic E-state index is 12.4. The molecule has 0 aromatic heterocycles. The number of aliphatic hydroxyl groups excluding tert-OH is 3. The quantitative estimate of drug-likeness (QED) is 0.0491. The van der Waals surface area contributed by atoms with Gasteiger partial charge in [-0.3, -0.25) is 4.79 Å². The maximum absolute atomic E-state index is 12.4. The number of aliphatic hydroxyl groups is 3. The van der Waals surface area contributed by atoms with E-state index in [-0.39, 0.29) is 18.9 Å². The number of amides is 1. The van der Waals surface area contributed by atoms with Crippen molar-refractivity contribution in [1.29, 1.82) is 0 Å². The lowest BCUT2D eigenvalue weighted by Gasteiger charge is -2.23. The lowest BCUT2D eigenvalue weighted by Crippen LogP contribution is -2.46. The van der Waals surface area contributed by atoms with Crippen LogP contribution < -0.4 is 5.32 Å². The molecule has 0 aromatic rings. The SMILES string of the molecule is CCCCCCCCCCCCCCCCCCCCC[C@H](O)CC(=O)N[C@@H](CO)[C@H](O)CCCCCCCCCCCCCCC. The van der Waals surface area contributed by atoms with E-state index < -0.39 is 18.2 Å². The summed E-state index contributed by atoms with van der Waals surface area (Å²) in [6.45, 7) is 4.27. The zero-order chi connectivity index (χ0) is 34.5. The highest BCUT2D eigenvalue weighted by atomic mass is 16.3. The molecule has 4 N–H and O–H groups in total. The van der Waals surface area contributed by atoms with E-state index in [0.29, 0.717) is 12.8 Å². The Morgan fingerprint density at radius 3 is 1.02 bits per heavy atom. The molecule has 0 aliphatic rings. The molecule has 0 fully saturated rings. The molecule has 0 rings (SSSR count). The van der Waals surface area contributed by atoms with Gasteiger partial charge in [0.2, 0.25) is 5.91 Å². The van der Waals surface area contributed by atoms with E-state index >= 15 is 0 Å². The van der Waals surface area contributed by atoms with Crippen LogP contribution in [0.3, 0.4) is 0 Å². The van der Waals surface area contributed by atoms with Crippen molar-refractivity contribution in [3.05, 3.63) is 0 Å². The van der Waals surface area contributed by atoms with E-state index in [2.05, 4.69) is 19.2 Å². The average molecular weight is 668 g/mol. The minimum Gasteiger partial charge on any atom is -0.394 e. The van der Waals surface area contributed by atoms with Gasteiger partial charge in [0.25, 0.3) is 0 Å². The van der Waals surface area contributed by atoms with Gasteiger partial charge in [0, 0.05) is 0 Å². The number of nitrogens with one attached hydrogen (secondary N) is 1. The van der Waals surface area contributed by atoms with Crippen LogP contribution in [-0.4, -0.2) is 46.1 Å². The third-order valence-electron chi connectivity index (χ3n) is 10.2. The summed E-state index contributed by atoms with van der Waals surface area (Å²) in [7, 11) is 0. The lowest BCUT2D eigenvalue weighted by atomic mass is 10.0. The molecular formula is C42H85NO4. The molecule has 5 nitrogen and oxygen atoms in total. The Kier molecular flexibility index (Phi) is 37.6. The minimum atomic E-state index is -0.742. The van der Waals surface area contributed by atoms with Crippen LogP contribution in [0.15, 0.2) is 0 Å². The molecule has 0 unspecified atom stereocenters. The first-order valence-electron chi connectivity index (χ1n) is 21.3. The molecule has 0 heterocycles. The molecule has 0 aliphatic heterocycles. The molecule has 0 aliphatic carbocycles. The first-order chi connectivity index (χ1) is 23.0. The van der Waals surface area contributed by atoms with E-state index in [1.54, 1.807) is 0 Å². The van der Waals surface area contributed by atoms with Gasteiger partial charge in [0.15, 0.2) is 0 Å². The van der Waals surface area contributed by atoms with Crippen LogP contribution in [0.2, 0.25) is 0 Å². The Balaban J connectivity index is 3.57. The first-order valence-corrected chi connectivity index (χ1v) is 21.3. The maximum Gasteiger partial charge on any atom is 0.222 e. The van der Waals surface area contributed by atoms with Crippen molar-refractivity contribution >= 4 is 5.91 Å². The molecule has 3 atom stereocenters. The van der Waals surface area contributed by atoms with Crippen LogP contribution >= 0.6 is 0 Å². The largest absolute Gasteiger partial charge is 0.394 e. The van der Waals surface area contributed by atoms with E-state index in [1.165, 1.54) is 180 Å². The second-order valence-electron chi connectivity index (χ2n) is 15.0. The van der Waals surface area contributed by atoms with Crippen LogP contribution in [0.25, 0.3) is 0 Å². The minimum absolute atomic E-state index is 0.0427. The van der Waals surface area contributed by atoms with E-state index in [0.717, 1.165) is 25.7 Å².